The van der Waals surface area contributed by atoms with E-state index in [-0.39, 0.29) is 28.7 Å². The van der Waals surface area contributed by atoms with Crippen molar-refractivity contribution in [3.8, 4) is 5.75 Å². The SMILES string of the molecule is CC[Si](CC)(O[C@H](/C(C)=C/[C@@H](C)CS(=O)(=O)c1ccccc1)[C@@H](OC)[C@H](OCc1ccc(OC)cc1)[C@H](C)C[C@H](C)CO[Si](C)(C)C(C)(C)C)C(C)C. The van der Waals surface area contributed by atoms with Crippen LogP contribution in [0.1, 0.15) is 88.1 Å². The normalized spacial score (nSPS) is 16.9. The van der Waals surface area contributed by atoms with Crippen LogP contribution in [0.4, 0.5) is 0 Å². The average molecular weight is 791 g/mol. The molecule has 0 spiro atoms. The first-order valence-corrected chi connectivity index (χ1v) is 26.7. The van der Waals surface area contributed by atoms with Gasteiger partial charge in [0.2, 0.25) is 0 Å². The summed E-state index contributed by atoms with van der Waals surface area (Å²) in [5.74, 6) is 0.969. The molecule has 7 nitrogen and oxygen atoms in total. The highest BCUT2D eigenvalue weighted by atomic mass is 32.2. The van der Waals surface area contributed by atoms with Crippen molar-refractivity contribution < 1.29 is 31.5 Å². The summed E-state index contributed by atoms with van der Waals surface area (Å²) in [7, 11) is -4.22. The summed E-state index contributed by atoms with van der Waals surface area (Å²) in [6.07, 6.45) is 1.80. The number of sulfone groups is 1. The van der Waals surface area contributed by atoms with Crippen LogP contribution < -0.4 is 4.74 Å². The monoisotopic (exact) mass is 790 g/mol. The Morgan fingerprint density at radius 2 is 1.45 bits per heavy atom. The Morgan fingerprint density at radius 1 is 0.868 bits per heavy atom. The fourth-order valence-electron chi connectivity index (χ4n) is 7.03. The van der Waals surface area contributed by atoms with Gasteiger partial charge in [0.1, 0.15) is 11.9 Å². The van der Waals surface area contributed by atoms with Gasteiger partial charge in [0.25, 0.3) is 0 Å². The van der Waals surface area contributed by atoms with Gasteiger partial charge in [0, 0.05) is 13.7 Å². The molecule has 0 aromatic heterocycles. The standard InChI is InChI=1S/C43H74O7SSi2/c1-16-53(17-2,32(3)4)50-41(36(8)28-34(6)31-51(44,45)39-21-19-18-20-22-39)42(47-13)40(48-30-37-23-25-38(46-12)26-24-37)35(7)27-33(5)29-49-52(14,15)43(9,10)11/h18-26,28,32-35,40-42H,16-17,27,29-31H2,1-15H3/b36-28+/t33-,34+,35+,40+,41+,42-/m0/s1. The fraction of sp³-hybridized carbons (Fsp3) is 0.674. The molecule has 53 heavy (non-hydrogen) atoms. The lowest BCUT2D eigenvalue weighted by Crippen LogP contribution is -2.52. The van der Waals surface area contributed by atoms with Crippen LogP contribution in [0.3, 0.4) is 0 Å². The molecule has 0 radical (unpaired) electrons. The third kappa shape index (κ3) is 13.7. The largest absolute Gasteiger partial charge is 0.497 e. The molecular formula is C43H74O7SSi2. The van der Waals surface area contributed by atoms with Crippen molar-refractivity contribution >= 4 is 26.5 Å². The van der Waals surface area contributed by atoms with Crippen molar-refractivity contribution in [2.75, 3.05) is 26.6 Å². The lowest BCUT2D eigenvalue weighted by molar-refractivity contribution is -0.122. The molecule has 0 heterocycles. The van der Waals surface area contributed by atoms with Crippen molar-refractivity contribution in [3.63, 3.8) is 0 Å². The Kier molecular flexibility index (Phi) is 18.7. The molecule has 302 valence electrons. The summed E-state index contributed by atoms with van der Waals surface area (Å²) in [6.45, 7) is 30.2. The van der Waals surface area contributed by atoms with Gasteiger partial charge in [-0.15, -0.1) is 0 Å². The van der Waals surface area contributed by atoms with E-state index in [0.717, 1.165) is 35.4 Å². The first-order valence-electron chi connectivity index (χ1n) is 19.7. The molecule has 0 saturated heterocycles. The van der Waals surface area contributed by atoms with Crippen LogP contribution in [-0.2, 0) is 34.8 Å². The van der Waals surface area contributed by atoms with Crippen LogP contribution in [0.2, 0.25) is 35.8 Å². The maximum atomic E-state index is 13.4. The van der Waals surface area contributed by atoms with E-state index in [4.69, 9.17) is 23.1 Å². The zero-order valence-electron chi connectivity index (χ0n) is 35.8. The molecule has 0 bridgehead atoms. The molecule has 2 rings (SSSR count). The highest BCUT2D eigenvalue weighted by Crippen LogP contribution is 2.39. The summed E-state index contributed by atoms with van der Waals surface area (Å²) in [5, 5.41) is 0.140. The minimum atomic E-state index is -3.48. The second-order valence-electron chi connectivity index (χ2n) is 17.2. The van der Waals surface area contributed by atoms with Gasteiger partial charge in [-0.25, -0.2) is 8.42 Å². The van der Waals surface area contributed by atoms with Crippen LogP contribution in [0, 0.1) is 17.8 Å². The lowest BCUT2D eigenvalue weighted by Gasteiger charge is -2.43. The molecule has 0 unspecified atom stereocenters. The van der Waals surface area contributed by atoms with Gasteiger partial charge in [-0.2, -0.15) is 0 Å². The predicted molar refractivity (Wildman–Crippen MR) is 227 cm³/mol. The molecule has 0 aliphatic heterocycles. The lowest BCUT2D eigenvalue weighted by atomic mass is 9.86. The third-order valence-electron chi connectivity index (χ3n) is 11.6. The van der Waals surface area contributed by atoms with Gasteiger partial charge in [-0.1, -0.05) is 106 Å². The second kappa shape index (κ2) is 20.9. The van der Waals surface area contributed by atoms with E-state index in [1.807, 2.05) is 37.3 Å². The Hall–Kier alpha value is -1.80. The number of hydrogen-bond donors (Lipinski definition) is 0. The number of ether oxygens (including phenoxy) is 3. The summed E-state index contributed by atoms with van der Waals surface area (Å²) >= 11 is 0. The number of methoxy groups -OCH3 is 2. The van der Waals surface area contributed by atoms with Gasteiger partial charge >= 0.3 is 0 Å². The molecule has 6 atom stereocenters. The smallest absolute Gasteiger partial charge is 0.195 e. The zero-order valence-corrected chi connectivity index (χ0v) is 38.6. The average Bonchev–Trinajstić information content (AvgIpc) is 3.10. The Morgan fingerprint density at radius 3 is 1.94 bits per heavy atom. The fourth-order valence-corrected chi connectivity index (χ4v) is 13.3. The van der Waals surface area contributed by atoms with Gasteiger partial charge in [0.15, 0.2) is 26.5 Å². The van der Waals surface area contributed by atoms with E-state index >= 15 is 0 Å². The number of benzene rings is 2. The topological polar surface area (TPSA) is 80.3 Å². The molecule has 2 aromatic carbocycles. The minimum absolute atomic E-state index is 0.00652. The number of rotatable bonds is 23. The minimum Gasteiger partial charge on any atom is -0.497 e. The summed E-state index contributed by atoms with van der Waals surface area (Å²) in [6, 6.07) is 18.6. The van der Waals surface area contributed by atoms with Crippen LogP contribution >= 0.6 is 0 Å². The molecule has 10 heteroatoms. The van der Waals surface area contributed by atoms with Gasteiger partial charge in [-0.3, -0.25) is 0 Å². The predicted octanol–water partition coefficient (Wildman–Crippen LogP) is 11.1. The van der Waals surface area contributed by atoms with E-state index in [1.54, 1.807) is 38.5 Å². The van der Waals surface area contributed by atoms with Crippen molar-refractivity contribution in [2.24, 2.45) is 17.8 Å². The summed E-state index contributed by atoms with van der Waals surface area (Å²) in [5.41, 5.74) is 2.40. The summed E-state index contributed by atoms with van der Waals surface area (Å²) < 4.78 is 59.8. The molecular weight excluding hydrogens is 717 g/mol. The van der Waals surface area contributed by atoms with E-state index in [2.05, 4.69) is 88.4 Å². The van der Waals surface area contributed by atoms with Gasteiger partial charge < -0.3 is 23.1 Å². The maximum Gasteiger partial charge on any atom is 0.195 e. The van der Waals surface area contributed by atoms with Crippen LogP contribution in [0.15, 0.2) is 71.1 Å². The van der Waals surface area contributed by atoms with E-state index in [9.17, 15) is 8.42 Å². The molecule has 0 aliphatic rings. The Balaban J connectivity index is 2.59. The first kappa shape index (κ1) is 47.4. The van der Waals surface area contributed by atoms with Crippen molar-refractivity contribution in [2.45, 2.75) is 148 Å². The first-order chi connectivity index (χ1) is 24.7. The van der Waals surface area contributed by atoms with Gasteiger partial charge in [0.05, 0.1) is 36.6 Å². The van der Waals surface area contributed by atoms with E-state index < -0.39 is 38.7 Å². The van der Waals surface area contributed by atoms with Gasteiger partial charge in [-0.05, 0) is 102 Å². The van der Waals surface area contributed by atoms with E-state index in [1.165, 1.54) is 0 Å². The highest BCUT2D eigenvalue weighted by molar-refractivity contribution is 7.91. The molecule has 0 fully saturated rings. The van der Waals surface area contributed by atoms with Crippen LogP contribution in [0.25, 0.3) is 0 Å². The Bertz CT molecular complexity index is 1480. The van der Waals surface area contributed by atoms with Crippen LogP contribution in [-0.4, -0.2) is 69.9 Å². The van der Waals surface area contributed by atoms with Crippen molar-refractivity contribution in [1.82, 2.24) is 0 Å². The number of allylic oxidation sites excluding steroid dienone is 1. The molecule has 0 aliphatic carbocycles. The second-order valence-corrected chi connectivity index (χ2v) is 28.9. The maximum absolute atomic E-state index is 13.4. The molecule has 0 N–H and O–H groups in total. The molecule has 2 aromatic rings. The quantitative estimate of drug-likeness (QED) is 0.0819. The number of hydrogen-bond acceptors (Lipinski definition) is 7. The zero-order chi connectivity index (χ0) is 40.2. The van der Waals surface area contributed by atoms with Crippen LogP contribution in [0.5, 0.6) is 5.75 Å². The molecule has 0 saturated carbocycles. The van der Waals surface area contributed by atoms with Crippen molar-refractivity contribution in [1.29, 1.82) is 0 Å². The Labute approximate surface area is 326 Å². The van der Waals surface area contributed by atoms with E-state index in [0.29, 0.717) is 29.6 Å². The van der Waals surface area contributed by atoms with Crippen molar-refractivity contribution in [3.05, 3.63) is 71.8 Å². The third-order valence-corrected chi connectivity index (χ3v) is 23.2. The summed E-state index contributed by atoms with van der Waals surface area (Å²) in [4.78, 5) is 0.344. The molecule has 0 amide bonds. The highest BCUT2D eigenvalue weighted by Gasteiger charge is 2.44.